The number of carbonyl (C=O) groups is 1. The smallest absolute Gasteiger partial charge is 0.345 e. The molecule has 0 saturated heterocycles. The zero-order valence-corrected chi connectivity index (χ0v) is 14.0. The van der Waals surface area contributed by atoms with Crippen molar-refractivity contribution in [2.45, 2.75) is 20.4 Å². The minimum absolute atomic E-state index is 0.0902. The van der Waals surface area contributed by atoms with Gasteiger partial charge >= 0.3 is 11.7 Å². The van der Waals surface area contributed by atoms with E-state index in [1.807, 2.05) is 6.92 Å². The minimum atomic E-state index is -0.825. The first kappa shape index (κ1) is 18.6. The number of aromatic nitrogens is 2. The Morgan fingerprint density at radius 3 is 2.40 bits per heavy atom. The van der Waals surface area contributed by atoms with Gasteiger partial charge in [0.15, 0.2) is 0 Å². The fourth-order valence-electron chi connectivity index (χ4n) is 2.24. The second-order valence-corrected chi connectivity index (χ2v) is 5.05. The largest absolute Gasteiger partial charge is 0.462 e. The Hall–Kier alpha value is -2.74. The maximum atomic E-state index is 13.1. The second kappa shape index (κ2) is 8.39. The standard InChI is InChI=1S/C17H19FN2O5/c1-3-24-10-9-19-11-14(16(22)25-4-2)15(21)20(17(19)23)13-7-5-12(18)6-8-13/h5-8,11H,3-4,9-10H2,1-2H3. The zero-order chi connectivity index (χ0) is 18.4. The molecule has 0 atom stereocenters. The average Bonchev–Trinajstić information content (AvgIpc) is 2.59. The number of halogens is 1. The van der Waals surface area contributed by atoms with Crippen LogP contribution < -0.4 is 11.2 Å². The summed E-state index contributed by atoms with van der Waals surface area (Å²) in [6, 6.07) is 4.84. The van der Waals surface area contributed by atoms with Gasteiger partial charge in [0.05, 0.1) is 25.4 Å². The molecule has 0 N–H and O–H groups in total. The third-order valence-electron chi connectivity index (χ3n) is 3.42. The van der Waals surface area contributed by atoms with Crippen LogP contribution in [0, 0.1) is 5.82 Å². The van der Waals surface area contributed by atoms with E-state index < -0.39 is 23.0 Å². The van der Waals surface area contributed by atoms with Crippen LogP contribution in [0.2, 0.25) is 0 Å². The first-order valence-corrected chi connectivity index (χ1v) is 7.86. The number of esters is 1. The Morgan fingerprint density at radius 2 is 1.80 bits per heavy atom. The summed E-state index contributed by atoms with van der Waals surface area (Å²) in [5.41, 5.74) is -1.58. The fourth-order valence-corrected chi connectivity index (χ4v) is 2.24. The molecule has 1 aromatic carbocycles. The molecule has 0 aliphatic carbocycles. The van der Waals surface area contributed by atoms with Gasteiger partial charge in [-0.1, -0.05) is 0 Å². The van der Waals surface area contributed by atoms with E-state index in [1.165, 1.54) is 22.9 Å². The Morgan fingerprint density at radius 1 is 1.12 bits per heavy atom. The molecule has 0 radical (unpaired) electrons. The predicted molar refractivity (Wildman–Crippen MR) is 88.7 cm³/mol. The molecule has 0 aliphatic heterocycles. The summed E-state index contributed by atoms with van der Waals surface area (Å²) in [7, 11) is 0. The van der Waals surface area contributed by atoms with Crippen molar-refractivity contribution in [2.75, 3.05) is 19.8 Å². The SMILES string of the molecule is CCOCCn1cc(C(=O)OCC)c(=O)n(-c2ccc(F)cc2)c1=O. The summed E-state index contributed by atoms with van der Waals surface area (Å²) in [5.74, 6) is -1.33. The van der Waals surface area contributed by atoms with Crippen molar-refractivity contribution >= 4 is 5.97 Å². The lowest BCUT2D eigenvalue weighted by molar-refractivity contribution is 0.0521. The van der Waals surface area contributed by atoms with Crippen LogP contribution in [0.3, 0.4) is 0 Å². The van der Waals surface area contributed by atoms with E-state index in [2.05, 4.69) is 0 Å². The van der Waals surface area contributed by atoms with E-state index in [9.17, 15) is 18.8 Å². The van der Waals surface area contributed by atoms with Gasteiger partial charge < -0.3 is 9.47 Å². The Bertz CT molecular complexity index is 855. The molecule has 0 bridgehead atoms. The van der Waals surface area contributed by atoms with E-state index in [0.29, 0.717) is 6.61 Å². The van der Waals surface area contributed by atoms with Crippen LogP contribution in [-0.2, 0) is 16.0 Å². The monoisotopic (exact) mass is 350 g/mol. The van der Waals surface area contributed by atoms with Gasteiger partial charge in [0.25, 0.3) is 5.56 Å². The summed E-state index contributed by atoms with van der Waals surface area (Å²) in [6.45, 7) is 4.37. The molecule has 0 saturated carbocycles. The maximum absolute atomic E-state index is 13.1. The fraction of sp³-hybridized carbons (Fsp3) is 0.353. The van der Waals surface area contributed by atoms with Gasteiger partial charge in [-0.3, -0.25) is 9.36 Å². The van der Waals surface area contributed by atoms with Crippen LogP contribution in [0.25, 0.3) is 5.69 Å². The van der Waals surface area contributed by atoms with Gasteiger partial charge in [-0.15, -0.1) is 0 Å². The van der Waals surface area contributed by atoms with E-state index in [1.54, 1.807) is 6.92 Å². The van der Waals surface area contributed by atoms with Crippen molar-refractivity contribution in [2.24, 2.45) is 0 Å². The number of nitrogens with zero attached hydrogens (tertiary/aromatic N) is 2. The number of hydrogen-bond acceptors (Lipinski definition) is 5. The summed E-state index contributed by atoms with van der Waals surface area (Å²) in [4.78, 5) is 37.3. The van der Waals surface area contributed by atoms with Crippen LogP contribution in [0.1, 0.15) is 24.2 Å². The molecule has 25 heavy (non-hydrogen) atoms. The number of hydrogen-bond donors (Lipinski definition) is 0. The topological polar surface area (TPSA) is 79.5 Å². The van der Waals surface area contributed by atoms with Crippen molar-refractivity contribution in [3.05, 3.63) is 62.7 Å². The Labute approximate surface area is 143 Å². The van der Waals surface area contributed by atoms with Crippen molar-refractivity contribution in [3.8, 4) is 5.69 Å². The summed E-state index contributed by atoms with van der Waals surface area (Å²) < 4.78 is 25.3. The molecule has 2 aromatic rings. The normalized spacial score (nSPS) is 10.7. The molecule has 7 nitrogen and oxygen atoms in total. The third-order valence-corrected chi connectivity index (χ3v) is 3.42. The van der Waals surface area contributed by atoms with Gasteiger partial charge in [-0.25, -0.2) is 18.5 Å². The molecular formula is C17H19FN2O5. The molecule has 0 unspecified atom stereocenters. The molecule has 134 valence electrons. The lowest BCUT2D eigenvalue weighted by Gasteiger charge is -2.13. The number of ether oxygens (including phenoxy) is 2. The van der Waals surface area contributed by atoms with Gasteiger partial charge in [0, 0.05) is 12.8 Å². The first-order chi connectivity index (χ1) is 12.0. The zero-order valence-electron chi connectivity index (χ0n) is 14.0. The highest BCUT2D eigenvalue weighted by Crippen LogP contribution is 2.06. The molecule has 1 heterocycles. The lowest BCUT2D eigenvalue weighted by Crippen LogP contribution is -2.42. The van der Waals surface area contributed by atoms with E-state index in [0.717, 1.165) is 16.7 Å². The number of carbonyl (C=O) groups excluding carboxylic acids is 1. The maximum Gasteiger partial charge on any atom is 0.345 e. The van der Waals surface area contributed by atoms with E-state index in [-0.39, 0.29) is 31.0 Å². The van der Waals surface area contributed by atoms with E-state index in [4.69, 9.17) is 9.47 Å². The Kier molecular flexibility index (Phi) is 6.24. The summed E-state index contributed by atoms with van der Waals surface area (Å²) >= 11 is 0. The summed E-state index contributed by atoms with van der Waals surface area (Å²) in [6.07, 6.45) is 1.17. The van der Waals surface area contributed by atoms with Crippen LogP contribution >= 0.6 is 0 Å². The molecule has 0 fully saturated rings. The molecule has 0 amide bonds. The second-order valence-electron chi connectivity index (χ2n) is 5.05. The molecule has 8 heteroatoms. The van der Waals surface area contributed by atoms with Crippen LogP contribution in [0.5, 0.6) is 0 Å². The molecule has 2 rings (SSSR count). The molecule has 1 aromatic heterocycles. The van der Waals surface area contributed by atoms with Gasteiger partial charge in [-0.05, 0) is 38.1 Å². The minimum Gasteiger partial charge on any atom is -0.462 e. The van der Waals surface area contributed by atoms with Crippen LogP contribution in [0.4, 0.5) is 4.39 Å². The van der Waals surface area contributed by atoms with Crippen molar-refractivity contribution in [1.29, 1.82) is 0 Å². The molecule has 0 aliphatic rings. The molecule has 0 spiro atoms. The highest BCUT2D eigenvalue weighted by atomic mass is 19.1. The highest BCUT2D eigenvalue weighted by Gasteiger charge is 2.19. The highest BCUT2D eigenvalue weighted by molar-refractivity contribution is 5.88. The summed E-state index contributed by atoms with van der Waals surface area (Å²) in [5, 5.41) is 0. The Balaban J connectivity index is 2.62. The number of benzene rings is 1. The van der Waals surface area contributed by atoms with Gasteiger partial charge in [-0.2, -0.15) is 0 Å². The van der Waals surface area contributed by atoms with E-state index >= 15 is 0 Å². The van der Waals surface area contributed by atoms with Crippen molar-refractivity contribution in [1.82, 2.24) is 9.13 Å². The van der Waals surface area contributed by atoms with Gasteiger partial charge in [0.1, 0.15) is 11.4 Å². The average molecular weight is 350 g/mol. The molecular weight excluding hydrogens is 331 g/mol. The quantitative estimate of drug-likeness (QED) is 0.556. The third kappa shape index (κ3) is 4.21. The lowest BCUT2D eigenvalue weighted by atomic mass is 10.2. The number of rotatable bonds is 7. The van der Waals surface area contributed by atoms with Crippen LogP contribution in [0.15, 0.2) is 40.1 Å². The first-order valence-electron chi connectivity index (χ1n) is 7.86. The van der Waals surface area contributed by atoms with Gasteiger partial charge in [0.2, 0.25) is 0 Å². The van der Waals surface area contributed by atoms with Crippen molar-refractivity contribution < 1.29 is 18.7 Å². The van der Waals surface area contributed by atoms with Crippen molar-refractivity contribution in [3.63, 3.8) is 0 Å². The predicted octanol–water partition coefficient (Wildman–Crippen LogP) is 1.35. The van der Waals surface area contributed by atoms with Crippen LogP contribution in [-0.4, -0.2) is 34.9 Å².